The molecule has 1 aromatic heterocycles. The standard InChI is InChI=1S/C11H9ClFN3O2S/c1-6-14-15-11(19-5-10(17)18)16(6)9-4-7(13)2-3-8(9)12/h2-4H,5H2,1H3,(H,17,18). The van der Waals surface area contributed by atoms with E-state index in [0.717, 1.165) is 11.8 Å². The van der Waals surface area contributed by atoms with Gasteiger partial charge in [0.15, 0.2) is 5.16 Å². The molecule has 0 unspecified atom stereocenters. The molecule has 1 aromatic carbocycles. The first-order valence-corrected chi connectivity index (χ1v) is 6.57. The molecular formula is C11H9ClFN3O2S. The average Bonchev–Trinajstić information content (AvgIpc) is 2.71. The maximum absolute atomic E-state index is 13.3. The minimum Gasteiger partial charge on any atom is -0.481 e. The van der Waals surface area contributed by atoms with Crippen LogP contribution >= 0.6 is 23.4 Å². The zero-order chi connectivity index (χ0) is 14.0. The molecule has 2 rings (SSSR count). The predicted octanol–water partition coefficient (Wildman–Crippen LogP) is 2.54. The Bertz CT molecular complexity index is 632. The van der Waals surface area contributed by atoms with Crippen LogP contribution in [0.2, 0.25) is 5.02 Å². The van der Waals surface area contributed by atoms with Gasteiger partial charge in [-0.3, -0.25) is 9.36 Å². The minimum atomic E-state index is -0.970. The maximum Gasteiger partial charge on any atom is 0.313 e. The van der Waals surface area contributed by atoms with Gasteiger partial charge in [-0.2, -0.15) is 0 Å². The third kappa shape index (κ3) is 3.05. The van der Waals surface area contributed by atoms with Crippen LogP contribution in [0.5, 0.6) is 0 Å². The number of aromatic nitrogens is 3. The largest absolute Gasteiger partial charge is 0.481 e. The molecule has 5 nitrogen and oxygen atoms in total. The van der Waals surface area contributed by atoms with Crippen molar-refractivity contribution in [1.29, 1.82) is 0 Å². The molecule has 1 heterocycles. The van der Waals surface area contributed by atoms with Crippen molar-refractivity contribution in [3.8, 4) is 5.69 Å². The Morgan fingerprint density at radius 2 is 2.26 bits per heavy atom. The summed E-state index contributed by atoms with van der Waals surface area (Å²) in [5, 5.41) is 17.1. The Balaban J connectivity index is 2.46. The fourth-order valence-corrected chi connectivity index (χ4v) is 2.41. The van der Waals surface area contributed by atoms with Crippen LogP contribution < -0.4 is 0 Å². The molecule has 8 heteroatoms. The minimum absolute atomic E-state index is 0.162. The molecule has 2 aromatic rings. The monoisotopic (exact) mass is 301 g/mol. The van der Waals surface area contributed by atoms with Gasteiger partial charge in [0.2, 0.25) is 0 Å². The Hall–Kier alpha value is -1.60. The van der Waals surface area contributed by atoms with Crippen LogP contribution in [0.4, 0.5) is 4.39 Å². The maximum atomic E-state index is 13.3. The van der Waals surface area contributed by atoms with E-state index in [4.69, 9.17) is 16.7 Å². The summed E-state index contributed by atoms with van der Waals surface area (Å²) in [5.41, 5.74) is 0.386. The highest BCUT2D eigenvalue weighted by atomic mass is 35.5. The first-order valence-electron chi connectivity index (χ1n) is 5.21. The van der Waals surface area contributed by atoms with E-state index in [2.05, 4.69) is 10.2 Å². The van der Waals surface area contributed by atoms with Gasteiger partial charge in [0.05, 0.1) is 16.5 Å². The summed E-state index contributed by atoms with van der Waals surface area (Å²) in [6.45, 7) is 1.68. The number of hydrogen-bond donors (Lipinski definition) is 1. The van der Waals surface area contributed by atoms with Gasteiger partial charge >= 0.3 is 5.97 Å². The average molecular weight is 302 g/mol. The van der Waals surface area contributed by atoms with E-state index in [-0.39, 0.29) is 5.75 Å². The molecule has 0 spiro atoms. The smallest absolute Gasteiger partial charge is 0.313 e. The fourth-order valence-electron chi connectivity index (χ4n) is 1.50. The second-order valence-corrected chi connectivity index (χ2v) is 4.99. The first kappa shape index (κ1) is 13.8. The first-order chi connectivity index (χ1) is 8.99. The van der Waals surface area contributed by atoms with E-state index in [1.54, 1.807) is 6.92 Å². The van der Waals surface area contributed by atoms with E-state index in [0.29, 0.717) is 21.7 Å². The Kier molecular flexibility index (Phi) is 4.06. The zero-order valence-electron chi connectivity index (χ0n) is 9.80. The molecule has 0 saturated heterocycles. The lowest BCUT2D eigenvalue weighted by molar-refractivity contribution is -0.133. The van der Waals surface area contributed by atoms with E-state index >= 15 is 0 Å². The van der Waals surface area contributed by atoms with E-state index in [9.17, 15) is 9.18 Å². The van der Waals surface area contributed by atoms with Crippen LogP contribution in [0.25, 0.3) is 5.69 Å². The van der Waals surface area contributed by atoms with Crippen molar-refractivity contribution in [3.05, 3.63) is 34.9 Å². The summed E-state index contributed by atoms with van der Waals surface area (Å²) in [5.74, 6) is -1.07. The normalized spacial score (nSPS) is 10.7. The number of carboxylic acid groups (broad SMARTS) is 1. The summed E-state index contributed by atoms with van der Waals surface area (Å²) in [7, 11) is 0. The highest BCUT2D eigenvalue weighted by Gasteiger charge is 2.15. The lowest BCUT2D eigenvalue weighted by Crippen LogP contribution is -2.04. The van der Waals surface area contributed by atoms with Crippen LogP contribution in [-0.2, 0) is 4.79 Å². The number of rotatable bonds is 4. The van der Waals surface area contributed by atoms with Gasteiger partial charge in [-0.1, -0.05) is 23.4 Å². The molecule has 0 aliphatic carbocycles. The highest BCUT2D eigenvalue weighted by Crippen LogP contribution is 2.27. The number of halogens is 2. The number of hydrogen-bond acceptors (Lipinski definition) is 4. The van der Waals surface area contributed by atoms with Gasteiger partial charge < -0.3 is 5.11 Å². The second kappa shape index (κ2) is 5.58. The topological polar surface area (TPSA) is 68.0 Å². The summed E-state index contributed by atoms with van der Waals surface area (Å²) in [4.78, 5) is 10.6. The molecule has 0 atom stereocenters. The van der Waals surface area contributed by atoms with Gasteiger partial charge in [0.25, 0.3) is 0 Å². The molecule has 100 valence electrons. The van der Waals surface area contributed by atoms with Crippen molar-refractivity contribution in [2.75, 3.05) is 5.75 Å². The van der Waals surface area contributed by atoms with E-state index in [1.807, 2.05) is 0 Å². The van der Waals surface area contributed by atoms with Crippen LogP contribution in [0.1, 0.15) is 5.82 Å². The molecule has 1 N–H and O–H groups in total. The molecule has 19 heavy (non-hydrogen) atoms. The van der Waals surface area contributed by atoms with Crippen molar-refractivity contribution in [2.24, 2.45) is 0 Å². The lowest BCUT2D eigenvalue weighted by atomic mass is 10.3. The van der Waals surface area contributed by atoms with Gasteiger partial charge in [-0.05, 0) is 25.1 Å². The molecule has 0 saturated carbocycles. The van der Waals surface area contributed by atoms with E-state index in [1.165, 1.54) is 22.8 Å². The predicted molar refractivity (Wildman–Crippen MR) is 69.4 cm³/mol. The van der Waals surface area contributed by atoms with Gasteiger partial charge in [-0.15, -0.1) is 10.2 Å². The highest BCUT2D eigenvalue weighted by molar-refractivity contribution is 7.99. The number of benzene rings is 1. The number of aliphatic carboxylic acids is 1. The summed E-state index contributed by atoms with van der Waals surface area (Å²) >= 11 is 7.02. The summed E-state index contributed by atoms with van der Waals surface area (Å²) < 4.78 is 14.8. The Morgan fingerprint density at radius 1 is 1.53 bits per heavy atom. The quantitative estimate of drug-likeness (QED) is 0.879. The third-order valence-corrected chi connectivity index (χ3v) is 3.50. The molecule has 0 bridgehead atoms. The van der Waals surface area contributed by atoms with Crippen molar-refractivity contribution in [3.63, 3.8) is 0 Å². The van der Waals surface area contributed by atoms with Gasteiger partial charge in [-0.25, -0.2) is 4.39 Å². The number of nitrogens with zero attached hydrogens (tertiary/aromatic N) is 3. The van der Waals surface area contributed by atoms with Gasteiger partial charge in [0, 0.05) is 0 Å². The van der Waals surface area contributed by atoms with Crippen molar-refractivity contribution >= 4 is 29.3 Å². The van der Waals surface area contributed by atoms with Crippen molar-refractivity contribution in [2.45, 2.75) is 12.1 Å². The van der Waals surface area contributed by atoms with Crippen molar-refractivity contribution < 1.29 is 14.3 Å². The third-order valence-electron chi connectivity index (χ3n) is 2.27. The van der Waals surface area contributed by atoms with Crippen molar-refractivity contribution in [1.82, 2.24) is 14.8 Å². The number of thioether (sulfide) groups is 1. The van der Waals surface area contributed by atoms with Gasteiger partial charge in [0.1, 0.15) is 11.6 Å². The number of aryl methyl sites for hydroxylation is 1. The zero-order valence-corrected chi connectivity index (χ0v) is 11.4. The SMILES string of the molecule is Cc1nnc(SCC(=O)O)n1-c1cc(F)ccc1Cl. The molecule has 0 fully saturated rings. The molecule has 0 amide bonds. The van der Waals surface area contributed by atoms with E-state index < -0.39 is 11.8 Å². The molecule has 0 aliphatic rings. The second-order valence-electron chi connectivity index (χ2n) is 3.64. The van der Waals surface area contributed by atoms with Crippen LogP contribution in [0.3, 0.4) is 0 Å². The Labute approximate surface area is 117 Å². The fraction of sp³-hybridized carbons (Fsp3) is 0.182. The van der Waals surface area contributed by atoms with Crippen LogP contribution in [0.15, 0.2) is 23.4 Å². The van der Waals surface area contributed by atoms with Crippen LogP contribution in [-0.4, -0.2) is 31.6 Å². The number of carboxylic acids is 1. The summed E-state index contributed by atoms with van der Waals surface area (Å²) in [6, 6.07) is 3.93. The lowest BCUT2D eigenvalue weighted by Gasteiger charge is -2.09. The molecule has 0 radical (unpaired) electrons. The molecular weight excluding hydrogens is 293 g/mol. The molecule has 0 aliphatic heterocycles. The summed E-state index contributed by atoms with van der Waals surface area (Å²) in [6.07, 6.45) is 0. The number of carbonyl (C=O) groups is 1. The Morgan fingerprint density at radius 3 is 2.95 bits per heavy atom. The van der Waals surface area contributed by atoms with Crippen LogP contribution in [0, 0.1) is 12.7 Å².